The standard InChI is InChI=1S/C19H24N2O5S/c1-12-9-15(27(23,24)21(3)4)11-17(13(12)2)20-19(22)16-10-14(25-5)7-8-18(16)26-6/h7-11H,1-6H3,(H,20,22). The number of nitrogens with one attached hydrogen (secondary N) is 1. The Morgan fingerprint density at radius 3 is 2.26 bits per heavy atom. The van der Waals surface area contributed by atoms with Crippen LogP contribution in [0, 0.1) is 13.8 Å². The normalized spacial score (nSPS) is 11.4. The van der Waals surface area contributed by atoms with Crippen LogP contribution in [0.2, 0.25) is 0 Å². The summed E-state index contributed by atoms with van der Waals surface area (Å²) >= 11 is 0. The molecule has 2 aromatic carbocycles. The van der Waals surface area contributed by atoms with Gasteiger partial charge in [-0.15, -0.1) is 0 Å². The quantitative estimate of drug-likeness (QED) is 0.817. The van der Waals surface area contributed by atoms with E-state index in [9.17, 15) is 13.2 Å². The van der Waals surface area contributed by atoms with Gasteiger partial charge in [0.25, 0.3) is 5.91 Å². The first-order valence-electron chi connectivity index (χ1n) is 8.19. The van der Waals surface area contributed by atoms with Gasteiger partial charge in [0.05, 0.1) is 24.7 Å². The van der Waals surface area contributed by atoms with Gasteiger partial charge < -0.3 is 14.8 Å². The second-order valence-electron chi connectivity index (χ2n) is 6.22. The summed E-state index contributed by atoms with van der Waals surface area (Å²) in [6.45, 7) is 3.62. The number of anilines is 1. The maximum absolute atomic E-state index is 12.8. The van der Waals surface area contributed by atoms with Crippen molar-refractivity contribution in [1.82, 2.24) is 4.31 Å². The van der Waals surface area contributed by atoms with Crippen LogP contribution >= 0.6 is 0 Å². The van der Waals surface area contributed by atoms with Crippen molar-refractivity contribution < 1.29 is 22.7 Å². The van der Waals surface area contributed by atoms with Gasteiger partial charge in [0.15, 0.2) is 0 Å². The minimum Gasteiger partial charge on any atom is -0.497 e. The van der Waals surface area contributed by atoms with Crippen molar-refractivity contribution in [1.29, 1.82) is 0 Å². The molecule has 7 nitrogen and oxygen atoms in total. The number of hydrogen-bond donors (Lipinski definition) is 1. The molecule has 8 heteroatoms. The SMILES string of the molecule is COc1ccc(OC)c(C(=O)Nc2cc(S(=O)(=O)N(C)C)cc(C)c2C)c1. The minimum atomic E-state index is -3.63. The zero-order valence-corrected chi connectivity index (χ0v) is 17.1. The van der Waals surface area contributed by atoms with Gasteiger partial charge in [0.2, 0.25) is 10.0 Å². The molecular weight excluding hydrogens is 368 g/mol. The zero-order chi connectivity index (χ0) is 20.4. The molecule has 0 saturated heterocycles. The molecule has 2 aromatic rings. The number of amides is 1. The van der Waals surface area contributed by atoms with E-state index in [0.717, 1.165) is 15.4 Å². The van der Waals surface area contributed by atoms with Crippen molar-refractivity contribution in [3.05, 3.63) is 47.0 Å². The van der Waals surface area contributed by atoms with Gasteiger partial charge in [-0.05, 0) is 55.3 Å². The molecule has 146 valence electrons. The van der Waals surface area contributed by atoms with E-state index in [1.807, 2.05) is 6.92 Å². The highest BCUT2D eigenvalue weighted by Crippen LogP contribution is 2.28. The van der Waals surface area contributed by atoms with Crippen molar-refractivity contribution in [3.8, 4) is 11.5 Å². The molecule has 0 aliphatic heterocycles. The fraction of sp³-hybridized carbons (Fsp3) is 0.316. The highest BCUT2D eigenvalue weighted by molar-refractivity contribution is 7.89. The molecule has 0 unspecified atom stereocenters. The number of carbonyl (C=O) groups excluding carboxylic acids is 1. The van der Waals surface area contributed by atoms with E-state index in [1.165, 1.54) is 34.4 Å². The summed E-state index contributed by atoms with van der Waals surface area (Å²) in [5.41, 5.74) is 2.24. The highest BCUT2D eigenvalue weighted by atomic mass is 32.2. The molecule has 0 radical (unpaired) electrons. The van der Waals surface area contributed by atoms with Crippen LogP contribution in [0.1, 0.15) is 21.5 Å². The largest absolute Gasteiger partial charge is 0.497 e. The first-order chi connectivity index (χ1) is 12.6. The van der Waals surface area contributed by atoms with Crippen LogP contribution < -0.4 is 14.8 Å². The zero-order valence-electron chi connectivity index (χ0n) is 16.3. The summed E-state index contributed by atoms with van der Waals surface area (Å²) in [6.07, 6.45) is 0. The number of sulfonamides is 1. The number of carbonyl (C=O) groups is 1. The second-order valence-corrected chi connectivity index (χ2v) is 8.37. The van der Waals surface area contributed by atoms with E-state index in [0.29, 0.717) is 17.2 Å². The van der Waals surface area contributed by atoms with Gasteiger partial charge >= 0.3 is 0 Å². The third-order valence-corrected chi connectivity index (χ3v) is 6.11. The summed E-state index contributed by atoms with van der Waals surface area (Å²) < 4.78 is 36.5. The predicted octanol–water partition coefficient (Wildman–Crippen LogP) is 2.82. The Morgan fingerprint density at radius 2 is 1.70 bits per heavy atom. The third kappa shape index (κ3) is 4.23. The van der Waals surface area contributed by atoms with Crippen LogP contribution in [0.25, 0.3) is 0 Å². The van der Waals surface area contributed by atoms with E-state index < -0.39 is 15.9 Å². The molecule has 0 saturated carbocycles. The van der Waals surface area contributed by atoms with Crippen LogP contribution in [-0.2, 0) is 10.0 Å². The topological polar surface area (TPSA) is 84.9 Å². The number of hydrogen-bond acceptors (Lipinski definition) is 5. The molecule has 0 aliphatic carbocycles. The Kier molecular flexibility index (Phi) is 6.12. The Bertz CT molecular complexity index is 968. The Morgan fingerprint density at radius 1 is 1.04 bits per heavy atom. The number of aryl methyl sites for hydroxylation is 1. The van der Waals surface area contributed by atoms with Crippen LogP contribution in [0.15, 0.2) is 35.2 Å². The average molecular weight is 392 g/mol. The Balaban J connectivity index is 2.49. The lowest BCUT2D eigenvalue weighted by Gasteiger charge is -2.17. The van der Waals surface area contributed by atoms with Crippen LogP contribution in [0.4, 0.5) is 5.69 Å². The van der Waals surface area contributed by atoms with Crippen molar-refractivity contribution in [2.24, 2.45) is 0 Å². The molecule has 0 fully saturated rings. The van der Waals surface area contributed by atoms with Gasteiger partial charge in [0, 0.05) is 19.8 Å². The first-order valence-corrected chi connectivity index (χ1v) is 9.63. The maximum atomic E-state index is 12.8. The van der Waals surface area contributed by atoms with Crippen molar-refractivity contribution in [2.45, 2.75) is 18.7 Å². The Labute approximate surface area is 160 Å². The molecule has 1 amide bonds. The number of benzene rings is 2. The van der Waals surface area contributed by atoms with Gasteiger partial charge in [-0.3, -0.25) is 4.79 Å². The molecule has 2 rings (SSSR count). The minimum absolute atomic E-state index is 0.114. The van der Waals surface area contributed by atoms with Crippen molar-refractivity contribution >= 4 is 21.6 Å². The number of nitrogens with zero attached hydrogens (tertiary/aromatic N) is 1. The summed E-state index contributed by atoms with van der Waals surface area (Å²) in [5.74, 6) is 0.477. The van der Waals surface area contributed by atoms with Crippen LogP contribution in [0.3, 0.4) is 0 Å². The average Bonchev–Trinajstić information content (AvgIpc) is 2.64. The molecule has 1 N–H and O–H groups in total. The summed E-state index contributed by atoms with van der Waals surface area (Å²) in [6, 6.07) is 7.94. The predicted molar refractivity (Wildman–Crippen MR) is 104 cm³/mol. The van der Waals surface area contributed by atoms with E-state index in [-0.39, 0.29) is 10.5 Å². The molecule has 0 aromatic heterocycles. The molecule has 0 atom stereocenters. The Hall–Kier alpha value is -2.58. The molecular formula is C19H24N2O5S. The summed E-state index contributed by atoms with van der Waals surface area (Å²) in [5, 5.41) is 2.79. The monoisotopic (exact) mass is 392 g/mol. The molecule has 0 bridgehead atoms. The molecule has 0 heterocycles. The highest BCUT2D eigenvalue weighted by Gasteiger charge is 2.21. The maximum Gasteiger partial charge on any atom is 0.259 e. The number of methoxy groups -OCH3 is 2. The lowest BCUT2D eigenvalue weighted by Crippen LogP contribution is -2.23. The van der Waals surface area contributed by atoms with E-state index in [2.05, 4.69) is 5.32 Å². The number of ether oxygens (including phenoxy) is 2. The van der Waals surface area contributed by atoms with Crippen molar-refractivity contribution in [3.63, 3.8) is 0 Å². The third-order valence-electron chi connectivity index (χ3n) is 4.32. The lowest BCUT2D eigenvalue weighted by atomic mass is 10.1. The van der Waals surface area contributed by atoms with Gasteiger partial charge in [-0.25, -0.2) is 12.7 Å². The first kappa shape index (κ1) is 20.7. The smallest absolute Gasteiger partial charge is 0.259 e. The molecule has 27 heavy (non-hydrogen) atoms. The fourth-order valence-corrected chi connectivity index (χ4v) is 3.51. The van der Waals surface area contributed by atoms with Crippen LogP contribution in [-0.4, -0.2) is 46.9 Å². The molecule has 0 spiro atoms. The van der Waals surface area contributed by atoms with E-state index >= 15 is 0 Å². The van der Waals surface area contributed by atoms with E-state index in [4.69, 9.17) is 9.47 Å². The van der Waals surface area contributed by atoms with Gasteiger partial charge in [-0.2, -0.15) is 0 Å². The van der Waals surface area contributed by atoms with E-state index in [1.54, 1.807) is 31.2 Å². The summed E-state index contributed by atoms with van der Waals surface area (Å²) in [4.78, 5) is 12.9. The number of rotatable bonds is 6. The second kappa shape index (κ2) is 7.98. The lowest BCUT2D eigenvalue weighted by molar-refractivity contribution is 0.102. The fourth-order valence-electron chi connectivity index (χ4n) is 2.50. The molecule has 0 aliphatic rings. The van der Waals surface area contributed by atoms with Crippen LogP contribution in [0.5, 0.6) is 11.5 Å². The van der Waals surface area contributed by atoms with Crippen molar-refractivity contribution in [2.75, 3.05) is 33.6 Å². The van der Waals surface area contributed by atoms with Gasteiger partial charge in [-0.1, -0.05) is 0 Å². The summed E-state index contributed by atoms with van der Waals surface area (Å²) in [7, 11) is 2.28. The van der Waals surface area contributed by atoms with Gasteiger partial charge in [0.1, 0.15) is 11.5 Å².